The molecule has 8 heteroatoms. The number of thiophene rings is 1. The van der Waals surface area contributed by atoms with Crippen LogP contribution in [0.5, 0.6) is 5.75 Å². The first-order valence-electron chi connectivity index (χ1n) is 6.25. The molecule has 1 aromatic carbocycles. The largest absolute Gasteiger partial charge is 0.497 e. The average Bonchev–Trinajstić information content (AvgIpc) is 3.09. The second-order valence-electron chi connectivity index (χ2n) is 4.42. The highest BCUT2D eigenvalue weighted by molar-refractivity contribution is 7.20. The molecule has 7 nitrogen and oxygen atoms in total. The number of hydrogen-bond donors (Lipinski definition) is 3. The van der Waals surface area contributed by atoms with Crippen LogP contribution in [-0.4, -0.2) is 34.3 Å². The molecule has 0 bridgehead atoms. The molecular formula is C14H11N3O4S. The Hall–Kier alpha value is -2.87. The minimum Gasteiger partial charge on any atom is -0.497 e. The number of carboxylic acids is 1. The molecule has 2 heterocycles. The molecule has 0 saturated carbocycles. The predicted molar refractivity (Wildman–Crippen MR) is 81.9 cm³/mol. The molecule has 3 rings (SSSR count). The number of fused-ring (bicyclic) bond motifs is 1. The maximum Gasteiger partial charge on any atom is 0.345 e. The zero-order valence-corrected chi connectivity index (χ0v) is 12.2. The second-order valence-corrected chi connectivity index (χ2v) is 5.45. The van der Waals surface area contributed by atoms with Crippen molar-refractivity contribution < 1.29 is 19.4 Å². The number of carbonyl (C=O) groups is 2. The fourth-order valence-corrected chi connectivity index (χ4v) is 2.80. The Kier molecular flexibility index (Phi) is 3.51. The Balaban J connectivity index is 1.88. The number of rotatable bonds is 4. The monoisotopic (exact) mass is 317 g/mol. The molecule has 0 atom stereocenters. The number of aromatic carboxylic acids is 1. The molecule has 0 spiro atoms. The SMILES string of the molecule is COc1cccc(C(=O)Nc2[nH]nc3sc(C(=O)O)cc23)c1. The van der Waals surface area contributed by atoms with Gasteiger partial charge in [0.2, 0.25) is 0 Å². The Morgan fingerprint density at radius 3 is 2.91 bits per heavy atom. The lowest BCUT2D eigenvalue weighted by Gasteiger charge is -2.05. The van der Waals surface area contributed by atoms with Gasteiger partial charge in [-0.2, -0.15) is 5.10 Å². The highest BCUT2D eigenvalue weighted by atomic mass is 32.1. The van der Waals surface area contributed by atoms with Crippen molar-refractivity contribution >= 4 is 39.2 Å². The third-order valence-electron chi connectivity index (χ3n) is 3.03. The topological polar surface area (TPSA) is 104 Å². The van der Waals surface area contributed by atoms with E-state index in [4.69, 9.17) is 9.84 Å². The van der Waals surface area contributed by atoms with E-state index in [0.717, 1.165) is 11.3 Å². The highest BCUT2D eigenvalue weighted by Gasteiger charge is 2.16. The summed E-state index contributed by atoms with van der Waals surface area (Å²) in [6, 6.07) is 8.19. The van der Waals surface area contributed by atoms with Crippen molar-refractivity contribution in [1.29, 1.82) is 0 Å². The van der Waals surface area contributed by atoms with Gasteiger partial charge in [-0.15, -0.1) is 11.3 Å². The molecule has 1 amide bonds. The lowest BCUT2D eigenvalue weighted by Crippen LogP contribution is -2.12. The predicted octanol–water partition coefficient (Wildman–Crippen LogP) is 2.58. The van der Waals surface area contributed by atoms with E-state index in [1.54, 1.807) is 24.3 Å². The van der Waals surface area contributed by atoms with Gasteiger partial charge in [-0.1, -0.05) is 6.07 Å². The number of H-pyrrole nitrogens is 1. The minimum absolute atomic E-state index is 0.170. The summed E-state index contributed by atoms with van der Waals surface area (Å²) in [6.07, 6.45) is 0. The van der Waals surface area contributed by atoms with Crippen LogP contribution in [0.2, 0.25) is 0 Å². The third-order valence-corrected chi connectivity index (χ3v) is 4.05. The van der Waals surface area contributed by atoms with Crippen LogP contribution in [0.1, 0.15) is 20.0 Å². The lowest BCUT2D eigenvalue weighted by atomic mass is 10.2. The molecule has 0 fully saturated rings. The van der Waals surface area contributed by atoms with E-state index in [9.17, 15) is 9.59 Å². The van der Waals surface area contributed by atoms with Crippen molar-refractivity contribution in [2.24, 2.45) is 0 Å². The number of anilines is 1. The second kappa shape index (κ2) is 5.49. The number of amides is 1. The fourth-order valence-electron chi connectivity index (χ4n) is 1.96. The van der Waals surface area contributed by atoms with Crippen LogP contribution in [-0.2, 0) is 0 Å². The summed E-state index contributed by atoms with van der Waals surface area (Å²) in [5.41, 5.74) is 0.427. The van der Waals surface area contributed by atoms with Gasteiger partial charge in [0.05, 0.1) is 12.5 Å². The summed E-state index contributed by atoms with van der Waals surface area (Å²) in [6.45, 7) is 0. The summed E-state index contributed by atoms with van der Waals surface area (Å²) < 4.78 is 5.08. The number of aromatic amines is 1. The van der Waals surface area contributed by atoms with Gasteiger partial charge < -0.3 is 15.2 Å². The first-order valence-corrected chi connectivity index (χ1v) is 7.06. The van der Waals surface area contributed by atoms with E-state index in [-0.39, 0.29) is 10.8 Å². The number of carboxylic acid groups (broad SMARTS) is 1. The Morgan fingerprint density at radius 2 is 2.18 bits per heavy atom. The molecular weight excluding hydrogens is 306 g/mol. The van der Waals surface area contributed by atoms with E-state index >= 15 is 0 Å². The van der Waals surface area contributed by atoms with Gasteiger partial charge in [-0.3, -0.25) is 9.89 Å². The van der Waals surface area contributed by atoms with Gasteiger partial charge in [-0.05, 0) is 24.3 Å². The Morgan fingerprint density at radius 1 is 1.36 bits per heavy atom. The maximum atomic E-state index is 12.2. The quantitative estimate of drug-likeness (QED) is 0.686. The van der Waals surface area contributed by atoms with Crippen molar-refractivity contribution in [2.45, 2.75) is 0 Å². The first kappa shape index (κ1) is 14.1. The smallest absolute Gasteiger partial charge is 0.345 e. The van der Waals surface area contributed by atoms with Crippen molar-refractivity contribution in [3.05, 3.63) is 40.8 Å². The van der Waals surface area contributed by atoms with Crippen LogP contribution in [0.3, 0.4) is 0 Å². The zero-order valence-electron chi connectivity index (χ0n) is 11.4. The number of benzene rings is 1. The van der Waals surface area contributed by atoms with E-state index in [1.165, 1.54) is 13.2 Å². The number of ether oxygens (including phenoxy) is 1. The van der Waals surface area contributed by atoms with Gasteiger partial charge >= 0.3 is 5.97 Å². The van der Waals surface area contributed by atoms with Crippen LogP contribution < -0.4 is 10.1 Å². The number of nitrogens with one attached hydrogen (secondary N) is 2. The van der Waals surface area contributed by atoms with E-state index in [1.807, 2.05) is 0 Å². The molecule has 0 unspecified atom stereocenters. The van der Waals surface area contributed by atoms with E-state index < -0.39 is 5.97 Å². The van der Waals surface area contributed by atoms with Crippen molar-refractivity contribution in [2.75, 3.05) is 12.4 Å². The normalized spacial score (nSPS) is 10.6. The van der Waals surface area contributed by atoms with Crippen molar-refractivity contribution in [3.8, 4) is 5.75 Å². The number of hydrogen-bond acceptors (Lipinski definition) is 5. The molecule has 0 aliphatic heterocycles. The van der Waals surface area contributed by atoms with E-state index in [0.29, 0.717) is 27.3 Å². The molecule has 3 aromatic rings. The highest BCUT2D eigenvalue weighted by Crippen LogP contribution is 2.29. The van der Waals surface area contributed by atoms with Gasteiger partial charge in [0.1, 0.15) is 21.3 Å². The number of methoxy groups -OCH3 is 1. The van der Waals surface area contributed by atoms with Crippen LogP contribution in [0.25, 0.3) is 10.2 Å². The molecule has 2 aromatic heterocycles. The average molecular weight is 317 g/mol. The van der Waals surface area contributed by atoms with Crippen LogP contribution >= 0.6 is 11.3 Å². The molecule has 0 aliphatic carbocycles. The Bertz CT molecular complexity index is 868. The molecule has 0 aliphatic rings. The van der Waals surface area contributed by atoms with Crippen LogP contribution in [0, 0.1) is 0 Å². The van der Waals surface area contributed by atoms with Gasteiger partial charge in [0.15, 0.2) is 0 Å². The molecule has 0 saturated heterocycles. The molecule has 112 valence electrons. The number of aromatic nitrogens is 2. The summed E-state index contributed by atoms with van der Waals surface area (Å²) in [5, 5.41) is 18.9. The minimum atomic E-state index is -1.02. The van der Waals surface area contributed by atoms with Gasteiger partial charge in [0.25, 0.3) is 5.91 Å². The van der Waals surface area contributed by atoms with E-state index in [2.05, 4.69) is 15.5 Å². The number of carbonyl (C=O) groups excluding carboxylic acids is 1. The first-order chi connectivity index (χ1) is 10.6. The third kappa shape index (κ3) is 2.51. The van der Waals surface area contributed by atoms with Crippen LogP contribution in [0.15, 0.2) is 30.3 Å². The standard InChI is InChI=1S/C14H11N3O4S/c1-21-8-4-2-3-7(5-8)12(18)15-11-9-6-10(14(19)20)22-13(9)17-16-11/h2-6H,1H3,(H,19,20)(H2,15,16,17,18). The molecule has 0 radical (unpaired) electrons. The van der Waals surface area contributed by atoms with Gasteiger partial charge in [-0.25, -0.2) is 4.79 Å². The zero-order chi connectivity index (χ0) is 15.7. The number of nitrogens with zero attached hydrogens (tertiary/aromatic N) is 1. The van der Waals surface area contributed by atoms with Crippen LogP contribution in [0.4, 0.5) is 5.82 Å². The Labute approximate surface area is 128 Å². The lowest BCUT2D eigenvalue weighted by molar-refractivity contribution is 0.0702. The molecule has 3 N–H and O–H groups in total. The van der Waals surface area contributed by atoms with Crippen molar-refractivity contribution in [3.63, 3.8) is 0 Å². The summed E-state index contributed by atoms with van der Waals surface area (Å²) in [4.78, 5) is 23.9. The summed E-state index contributed by atoms with van der Waals surface area (Å²) >= 11 is 1.04. The molecule has 22 heavy (non-hydrogen) atoms. The summed E-state index contributed by atoms with van der Waals surface area (Å²) in [5.74, 6) is -0.418. The fraction of sp³-hybridized carbons (Fsp3) is 0.0714. The van der Waals surface area contributed by atoms with Gasteiger partial charge in [0, 0.05) is 5.56 Å². The van der Waals surface area contributed by atoms with Crippen molar-refractivity contribution in [1.82, 2.24) is 10.2 Å². The maximum absolute atomic E-state index is 12.2. The summed E-state index contributed by atoms with van der Waals surface area (Å²) in [7, 11) is 1.52.